The largest absolute Gasteiger partial charge is 0.401 e. The Hall–Kier alpha value is -1.41. The molecule has 2 atom stereocenters. The molecule has 0 spiro atoms. The second kappa shape index (κ2) is 6.15. The zero-order valence-electron chi connectivity index (χ0n) is 12.0. The van der Waals surface area contributed by atoms with Crippen molar-refractivity contribution in [3.63, 3.8) is 0 Å². The summed E-state index contributed by atoms with van der Waals surface area (Å²) in [4.78, 5) is 11.7. The Morgan fingerprint density at radius 3 is 2.43 bits per heavy atom. The smallest absolute Gasteiger partial charge is 0.390 e. The molecule has 2 rings (SSSR count). The number of rotatable bonds is 3. The topological polar surface area (TPSA) is 52.5 Å². The monoisotopic (exact) mass is 304 g/mol. The molecule has 21 heavy (non-hydrogen) atoms. The van der Waals surface area contributed by atoms with Crippen molar-refractivity contribution in [1.29, 1.82) is 0 Å². The van der Waals surface area contributed by atoms with E-state index < -0.39 is 12.7 Å². The molecule has 0 unspecified atom stereocenters. The SMILES string of the molecule is C[C@@H]1CN(c2nccc(CO)n2)C[C@H](C)N1CC(F)(F)F. The van der Waals surface area contributed by atoms with Crippen LogP contribution in [0.1, 0.15) is 19.5 Å². The van der Waals surface area contributed by atoms with E-state index in [1.807, 2.05) is 4.90 Å². The molecule has 1 aliphatic heterocycles. The molecule has 1 saturated heterocycles. The van der Waals surface area contributed by atoms with Crippen LogP contribution < -0.4 is 4.90 Å². The highest BCUT2D eigenvalue weighted by molar-refractivity contribution is 5.32. The Morgan fingerprint density at radius 2 is 1.90 bits per heavy atom. The molecule has 1 fully saturated rings. The Morgan fingerprint density at radius 1 is 1.29 bits per heavy atom. The second-order valence-corrected chi connectivity index (χ2v) is 5.40. The number of alkyl halides is 3. The first kappa shape index (κ1) is 16.0. The molecule has 0 radical (unpaired) electrons. The van der Waals surface area contributed by atoms with Gasteiger partial charge in [-0.1, -0.05) is 0 Å². The van der Waals surface area contributed by atoms with E-state index in [0.29, 0.717) is 24.7 Å². The van der Waals surface area contributed by atoms with Crippen molar-refractivity contribution in [3.8, 4) is 0 Å². The normalized spacial score (nSPS) is 24.4. The third-order valence-electron chi connectivity index (χ3n) is 3.61. The van der Waals surface area contributed by atoms with Crippen molar-refractivity contribution in [2.75, 3.05) is 24.5 Å². The van der Waals surface area contributed by atoms with E-state index in [0.717, 1.165) is 0 Å². The molecule has 0 aliphatic carbocycles. The van der Waals surface area contributed by atoms with Gasteiger partial charge in [-0.25, -0.2) is 9.97 Å². The number of aromatic nitrogens is 2. The zero-order valence-corrected chi connectivity index (χ0v) is 12.0. The Labute approximate surface area is 121 Å². The van der Waals surface area contributed by atoms with Crippen LogP contribution in [0, 0.1) is 0 Å². The molecular weight excluding hydrogens is 285 g/mol. The van der Waals surface area contributed by atoms with Crippen LogP contribution in [0.5, 0.6) is 0 Å². The predicted molar refractivity (Wildman–Crippen MR) is 71.9 cm³/mol. The Bertz CT molecular complexity index is 471. The number of hydrogen-bond acceptors (Lipinski definition) is 5. The molecule has 1 N–H and O–H groups in total. The summed E-state index contributed by atoms with van der Waals surface area (Å²) >= 11 is 0. The van der Waals surface area contributed by atoms with Crippen LogP contribution in [-0.2, 0) is 6.61 Å². The lowest BCUT2D eigenvalue weighted by Gasteiger charge is -2.44. The minimum absolute atomic E-state index is 0.186. The fourth-order valence-corrected chi connectivity index (χ4v) is 2.66. The standard InChI is InChI=1S/C13H19F3N4O/c1-9-5-19(12-17-4-3-11(7-21)18-12)6-10(2)20(9)8-13(14,15)16/h3-4,9-10,21H,5-8H2,1-2H3/t9-,10+. The molecule has 1 aliphatic rings. The zero-order chi connectivity index (χ0) is 15.6. The maximum absolute atomic E-state index is 12.6. The quantitative estimate of drug-likeness (QED) is 0.915. The van der Waals surface area contributed by atoms with Gasteiger partial charge in [0, 0.05) is 31.4 Å². The number of halogens is 3. The van der Waals surface area contributed by atoms with Gasteiger partial charge in [0.1, 0.15) is 0 Å². The predicted octanol–water partition coefficient (Wildman–Crippen LogP) is 1.43. The third kappa shape index (κ3) is 4.04. The summed E-state index contributed by atoms with van der Waals surface area (Å²) in [7, 11) is 0. The van der Waals surface area contributed by atoms with Gasteiger partial charge in [-0.05, 0) is 19.9 Å². The van der Waals surface area contributed by atoms with Crippen LogP contribution in [0.15, 0.2) is 12.3 Å². The molecule has 0 aromatic carbocycles. The second-order valence-electron chi connectivity index (χ2n) is 5.40. The average molecular weight is 304 g/mol. The van der Waals surface area contributed by atoms with Crippen molar-refractivity contribution >= 4 is 5.95 Å². The van der Waals surface area contributed by atoms with E-state index in [1.54, 1.807) is 26.1 Å². The van der Waals surface area contributed by atoms with Gasteiger partial charge >= 0.3 is 6.18 Å². The summed E-state index contributed by atoms with van der Waals surface area (Å²) < 4.78 is 37.8. The summed E-state index contributed by atoms with van der Waals surface area (Å²) in [6.45, 7) is 3.30. The van der Waals surface area contributed by atoms with Gasteiger partial charge < -0.3 is 10.0 Å². The first-order chi connectivity index (χ1) is 9.80. The lowest BCUT2D eigenvalue weighted by molar-refractivity contribution is -0.156. The molecule has 0 bridgehead atoms. The fraction of sp³-hybridized carbons (Fsp3) is 0.692. The lowest BCUT2D eigenvalue weighted by Crippen LogP contribution is -2.59. The van der Waals surface area contributed by atoms with Crippen LogP contribution in [0.25, 0.3) is 0 Å². The maximum Gasteiger partial charge on any atom is 0.401 e. The molecular formula is C13H19F3N4O. The summed E-state index contributed by atoms with van der Waals surface area (Å²) in [5.41, 5.74) is 0.498. The van der Waals surface area contributed by atoms with E-state index in [9.17, 15) is 13.2 Å². The van der Waals surface area contributed by atoms with Crippen LogP contribution in [0.2, 0.25) is 0 Å². The first-order valence-electron chi connectivity index (χ1n) is 6.80. The number of nitrogens with zero attached hydrogens (tertiary/aromatic N) is 4. The van der Waals surface area contributed by atoms with Crippen LogP contribution >= 0.6 is 0 Å². The molecule has 1 aromatic rings. The van der Waals surface area contributed by atoms with Crippen LogP contribution in [0.4, 0.5) is 19.1 Å². The van der Waals surface area contributed by atoms with Gasteiger partial charge in [0.25, 0.3) is 0 Å². The molecule has 1 aromatic heterocycles. The molecule has 5 nitrogen and oxygen atoms in total. The maximum atomic E-state index is 12.6. The van der Waals surface area contributed by atoms with Gasteiger partial charge in [-0.2, -0.15) is 13.2 Å². The van der Waals surface area contributed by atoms with Crippen molar-refractivity contribution in [2.45, 2.75) is 38.7 Å². The summed E-state index contributed by atoms with van der Waals surface area (Å²) in [6, 6.07) is 1.10. The number of aliphatic hydroxyl groups is 1. The highest BCUT2D eigenvalue weighted by atomic mass is 19.4. The first-order valence-corrected chi connectivity index (χ1v) is 6.80. The van der Waals surface area contributed by atoms with Crippen LogP contribution in [0.3, 0.4) is 0 Å². The van der Waals surface area contributed by atoms with E-state index in [1.165, 1.54) is 4.90 Å². The molecule has 8 heteroatoms. The van der Waals surface area contributed by atoms with Gasteiger partial charge in [0.2, 0.25) is 5.95 Å². The molecule has 0 saturated carbocycles. The van der Waals surface area contributed by atoms with Crippen molar-refractivity contribution in [2.24, 2.45) is 0 Å². The molecule has 2 heterocycles. The van der Waals surface area contributed by atoms with Gasteiger partial charge in [-0.15, -0.1) is 0 Å². The lowest BCUT2D eigenvalue weighted by atomic mass is 10.1. The minimum Gasteiger partial charge on any atom is -0.390 e. The van der Waals surface area contributed by atoms with Gasteiger partial charge in [0.05, 0.1) is 18.8 Å². The van der Waals surface area contributed by atoms with Gasteiger partial charge in [-0.3, -0.25) is 4.90 Å². The molecule has 0 amide bonds. The highest BCUT2D eigenvalue weighted by Crippen LogP contribution is 2.24. The van der Waals surface area contributed by atoms with E-state index in [2.05, 4.69) is 9.97 Å². The van der Waals surface area contributed by atoms with Crippen molar-refractivity contribution in [3.05, 3.63) is 18.0 Å². The van der Waals surface area contributed by atoms with E-state index in [4.69, 9.17) is 5.11 Å². The number of hydrogen-bond donors (Lipinski definition) is 1. The van der Waals surface area contributed by atoms with Crippen molar-refractivity contribution < 1.29 is 18.3 Å². The van der Waals surface area contributed by atoms with Gasteiger partial charge in [0.15, 0.2) is 0 Å². The highest BCUT2D eigenvalue weighted by Gasteiger charge is 2.38. The average Bonchev–Trinajstić information content (AvgIpc) is 2.41. The summed E-state index contributed by atoms with van der Waals surface area (Å²) in [5, 5.41) is 9.09. The summed E-state index contributed by atoms with van der Waals surface area (Å²) in [5.74, 6) is 0.451. The van der Waals surface area contributed by atoms with E-state index in [-0.39, 0.29) is 18.7 Å². The Kier molecular flexibility index (Phi) is 4.67. The summed E-state index contributed by atoms with van der Waals surface area (Å²) in [6.07, 6.45) is -2.65. The third-order valence-corrected chi connectivity index (χ3v) is 3.61. The number of anilines is 1. The number of piperazine rings is 1. The molecule has 118 valence electrons. The minimum atomic E-state index is -4.20. The Balaban J connectivity index is 2.10. The van der Waals surface area contributed by atoms with Crippen LogP contribution in [-0.4, -0.2) is 57.9 Å². The number of aliphatic hydroxyl groups excluding tert-OH is 1. The van der Waals surface area contributed by atoms with Crippen molar-refractivity contribution in [1.82, 2.24) is 14.9 Å². The van der Waals surface area contributed by atoms with E-state index >= 15 is 0 Å². The fourth-order valence-electron chi connectivity index (χ4n) is 2.66.